The number of rotatable bonds is 11. The minimum absolute atomic E-state index is 0.462. The van der Waals surface area contributed by atoms with Crippen LogP contribution < -0.4 is 9.79 Å². The van der Waals surface area contributed by atoms with Gasteiger partial charge in [0.05, 0.1) is 5.54 Å². The lowest BCUT2D eigenvalue weighted by Gasteiger charge is -2.55. The molecule has 0 saturated heterocycles. The molecule has 0 saturated carbocycles. The van der Waals surface area contributed by atoms with Gasteiger partial charge in [0.25, 0.3) is 0 Å². The van der Waals surface area contributed by atoms with Crippen molar-refractivity contribution in [2.24, 2.45) is 0 Å². The molecule has 0 aliphatic rings. The van der Waals surface area contributed by atoms with Gasteiger partial charge < -0.3 is 9.79 Å². The Balaban J connectivity index is 2.16. The predicted molar refractivity (Wildman–Crippen MR) is 125 cm³/mol. The van der Waals surface area contributed by atoms with E-state index in [1.165, 1.54) is 0 Å². The average molecular weight is 438 g/mol. The van der Waals surface area contributed by atoms with Crippen molar-refractivity contribution >= 4 is 21.2 Å². The summed E-state index contributed by atoms with van der Waals surface area (Å²) in [6.07, 6.45) is 3.90. The molecule has 3 aromatic carbocycles. The molecular formula is C25H28NO2PS-2. The highest BCUT2D eigenvalue weighted by molar-refractivity contribution is 7.80. The van der Waals surface area contributed by atoms with E-state index in [9.17, 15) is 9.79 Å². The van der Waals surface area contributed by atoms with Crippen molar-refractivity contribution in [1.82, 2.24) is 4.67 Å². The Bertz CT molecular complexity index is 765. The molecule has 0 fully saturated rings. The topological polar surface area (TPSA) is 49.4 Å². The Kier molecular flexibility index (Phi) is 8.92. The minimum Gasteiger partial charge on any atom is -0.830 e. The number of unbranched alkanes of at least 4 members (excludes halogenated alkanes) is 3. The van der Waals surface area contributed by atoms with E-state index in [0.717, 1.165) is 48.1 Å². The zero-order valence-electron chi connectivity index (χ0n) is 17.1. The van der Waals surface area contributed by atoms with Gasteiger partial charge >= 0.3 is 0 Å². The molecular weight excluding hydrogens is 409 g/mol. The van der Waals surface area contributed by atoms with Crippen molar-refractivity contribution in [1.29, 1.82) is 0 Å². The van der Waals surface area contributed by atoms with Crippen LogP contribution in [0.3, 0.4) is 0 Å². The second-order valence-electron chi connectivity index (χ2n) is 7.31. The third-order valence-electron chi connectivity index (χ3n) is 5.44. The van der Waals surface area contributed by atoms with Crippen molar-refractivity contribution in [3.8, 4) is 0 Å². The van der Waals surface area contributed by atoms with E-state index in [2.05, 4.69) is 12.6 Å². The zero-order chi connectivity index (χ0) is 21.2. The quantitative estimate of drug-likeness (QED) is 0.204. The monoisotopic (exact) mass is 437 g/mol. The molecule has 0 aliphatic heterocycles. The van der Waals surface area contributed by atoms with Gasteiger partial charge in [-0.3, -0.25) is 4.67 Å². The molecule has 0 heterocycles. The summed E-state index contributed by atoms with van der Waals surface area (Å²) >= 11 is 4.28. The van der Waals surface area contributed by atoms with E-state index in [1.807, 2.05) is 91.0 Å². The number of thiol groups is 1. The summed E-state index contributed by atoms with van der Waals surface area (Å²) in [6.45, 7) is 0.462. The highest BCUT2D eigenvalue weighted by Crippen LogP contribution is 2.48. The normalized spacial score (nSPS) is 11.9. The third-order valence-corrected chi connectivity index (χ3v) is 6.65. The van der Waals surface area contributed by atoms with Crippen LogP contribution in [0.4, 0.5) is 0 Å². The summed E-state index contributed by atoms with van der Waals surface area (Å²) in [4.78, 5) is 25.5. The van der Waals surface area contributed by atoms with Gasteiger partial charge in [0.2, 0.25) is 0 Å². The van der Waals surface area contributed by atoms with Gasteiger partial charge in [-0.2, -0.15) is 12.6 Å². The van der Waals surface area contributed by atoms with Crippen LogP contribution in [0.2, 0.25) is 0 Å². The van der Waals surface area contributed by atoms with Gasteiger partial charge in [0.1, 0.15) is 0 Å². The van der Waals surface area contributed by atoms with Crippen molar-refractivity contribution in [2.75, 3.05) is 12.3 Å². The number of hydrogen-bond acceptors (Lipinski definition) is 4. The smallest absolute Gasteiger partial charge is 0.0984 e. The molecule has 30 heavy (non-hydrogen) atoms. The first-order chi connectivity index (χ1) is 14.7. The highest BCUT2D eigenvalue weighted by Gasteiger charge is 2.40. The minimum atomic E-state index is -2.83. The largest absolute Gasteiger partial charge is 0.830 e. The van der Waals surface area contributed by atoms with Crippen molar-refractivity contribution < 1.29 is 9.79 Å². The molecule has 0 N–H and O–H groups in total. The fourth-order valence-corrected chi connectivity index (χ4v) is 5.20. The van der Waals surface area contributed by atoms with Gasteiger partial charge in [-0.15, -0.1) is 0 Å². The fraction of sp³-hybridized carbons (Fsp3) is 0.280. The van der Waals surface area contributed by atoms with Crippen molar-refractivity contribution in [3.63, 3.8) is 0 Å². The Labute approximate surface area is 186 Å². The fourth-order valence-electron chi connectivity index (χ4n) is 4.08. The number of benzene rings is 3. The summed E-state index contributed by atoms with van der Waals surface area (Å²) in [5.41, 5.74) is 1.91. The van der Waals surface area contributed by atoms with Crippen LogP contribution in [0, 0.1) is 0 Å². The summed E-state index contributed by atoms with van der Waals surface area (Å²) in [6, 6.07) is 29.8. The molecule has 0 bridgehead atoms. The van der Waals surface area contributed by atoms with Crippen LogP contribution in [-0.2, 0) is 5.54 Å². The maximum absolute atomic E-state index is 12.7. The highest BCUT2D eigenvalue weighted by atomic mass is 32.1. The van der Waals surface area contributed by atoms with Crippen molar-refractivity contribution in [2.45, 2.75) is 31.2 Å². The van der Waals surface area contributed by atoms with Gasteiger partial charge in [-0.25, -0.2) is 8.53 Å². The van der Waals surface area contributed by atoms with Gasteiger partial charge in [0, 0.05) is 6.54 Å². The van der Waals surface area contributed by atoms with Crippen LogP contribution in [0.25, 0.3) is 0 Å². The molecule has 0 amide bonds. The SMILES string of the molecule is [O-]P([O-])N(CCCCCCS)C(c1ccccc1)(c1ccccc1)c1ccccc1. The van der Waals surface area contributed by atoms with Gasteiger partial charge in [-0.05, 0) is 35.3 Å². The maximum atomic E-state index is 12.7. The Hall–Kier alpha value is -1.68. The summed E-state index contributed by atoms with van der Waals surface area (Å²) in [5.74, 6) is 0.863. The Morgan fingerprint density at radius 3 is 1.40 bits per heavy atom. The molecule has 0 aliphatic carbocycles. The van der Waals surface area contributed by atoms with Crippen LogP contribution in [0.5, 0.6) is 0 Å². The summed E-state index contributed by atoms with van der Waals surface area (Å²) < 4.78 is 1.66. The van der Waals surface area contributed by atoms with E-state index in [0.29, 0.717) is 6.54 Å². The van der Waals surface area contributed by atoms with E-state index < -0.39 is 14.1 Å². The second kappa shape index (κ2) is 11.6. The molecule has 158 valence electrons. The molecule has 0 radical (unpaired) electrons. The van der Waals surface area contributed by atoms with Crippen LogP contribution >= 0.6 is 21.2 Å². The van der Waals surface area contributed by atoms with E-state index in [1.54, 1.807) is 4.67 Å². The first kappa shape index (κ1) is 23.0. The molecule has 0 aromatic heterocycles. The molecule has 0 spiro atoms. The molecule has 3 rings (SSSR count). The standard InChI is InChI=1S/C25H28NO2PS/c27-29(28)26(20-12-1-2-13-21-30)25(22-14-6-3-7-15-22,23-16-8-4-9-17-23)24-18-10-5-11-19-24/h3-11,14-19,30H,1-2,12-13,20-21H2/q-2. The Morgan fingerprint density at radius 2 is 1.03 bits per heavy atom. The molecule has 0 atom stereocenters. The van der Waals surface area contributed by atoms with Gasteiger partial charge in [0.15, 0.2) is 0 Å². The molecule has 0 unspecified atom stereocenters. The summed E-state index contributed by atoms with van der Waals surface area (Å²) in [7, 11) is -2.83. The second-order valence-corrected chi connectivity index (χ2v) is 8.71. The van der Waals surface area contributed by atoms with Crippen LogP contribution in [0.15, 0.2) is 91.0 Å². The molecule has 3 nitrogen and oxygen atoms in total. The number of hydrogen-bond donors (Lipinski definition) is 1. The first-order valence-electron chi connectivity index (χ1n) is 10.4. The Morgan fingerprint density at radius 1 is 0.633 bits per heavy atom. The van der Waals surface area contributed by atoms with Crippen molar-refractivity contribution in [3.05, 3.63) is 108 Å². The van der Waals surface area contributed by atoms with Crippen LogP contribution in [0.1, 0.15) is 42.4 Å². The molecule has 5 heteroatoms. The summed E-state index contributed by atoms with van der Waals surface area (Å²) in [5, 5.41) is 0. The average Bonchev–Trinajstić information content (AvgIpc) is 2.80. The van der Waals surface area contributed by atoms with E-state index in [4.69, 9.17) is 0 Å². The maximum Gasteiger partial charge on any atom is 0.0984 e. The lowest BCUT2D eigenvalue weighted by atomic mass is 9.77. The lowest BCUT2D eigenvalue weighted by molar-refractivity contribution is -0.309. The van der Waals surface area contributed by atoms with Gasteiger partial charge in [-0.1, -0.05) is 104 Å². The van der Waals surface area contributed by atoms with E-state index in [-0.39, 0.29) is 0 Å². The van der Waals surface area contributed by atoms with E-state index >= 15 is 0 Å². The predicted octanol–water partition coefficient (Wildman–Crippen LogP) is 4.72. The lowest BCUT2D eigenvalue weighted by Crippen LogP contribution is -2.49. The zero-order valence-corrected chi connectivity index (χ0v) is 18.8. The number of nitrogens with zero attached hydrogens (tertiary/aromatic N) is 1. The van der Waals surface area contributed by atoms with Crippen LogP contribution in [-0.4, -0.2) is 17.0 Å². The third kappa shape index (κ3) is 5.14. The first-order valence-corrected chi connectivity index (χ1v) is 12.2. The molecule has 3 aromatic rings.